The number of benzene rings is 2. The average Bonchev–Trinajstić information content (AvgIpc) is 2.76. The lowest BCUT2D eigenvalue weighted by molar-refractivity contribution is 0.205. The van der Waals surface area contributed by atoms with Gasteiger partial charge in [0.15, 0.2) is 17.5 Å². The zero-order valence-corrected chi connectivity index (χ0v) is 17.4. The van der Waals surface area contributed by atoms with Gasteiger partial charge in [-0.05, 0) is 97.9 Å². The Morgan fingerprint density at radius 2 is 1.57 bits per heavy atom. The molecule has 0 aliphatic heterocycles. The predicted molar refractivity (Wildman–Crippen MR) is 112 cm³/mol. The Balaban J connectivity index is 1.50. The summed E-state index contributed by atoms with van der Waals surface area (Å²) in [5.41, 5.74) is 1.82. The van der Waals surface area contributed by atoms with Gasteiger partial charge in [0, 0.05) is 5.56 Å². The smallest absolute Gasteiger partial charge is 0.194 e. The van der Waals surface area contributed by atoms with Gasteiger partial charge in [0.2, 0.25) is 0 Å². The Morgan fingerprint density at radius 1 is 0.867 bits per heavy atom. The monoisotopic (exact) mass is 416 g/mol. The normalized spacial score (nSPS) is 24.2. The number of halogens is 4. The maximum atomic E-state index is 15.2. The summed E-state index contributed by atoms with van der Waals surface area (Å²) in [6, 6.07) is 5.18. The summed E-state index contributed by atoms with van der Waals surface area (Å²) in [4.78, 5) is 0. The average molecular weight is 417 g/mol. The van der Waals surface area contributed by atoms with Crippen LogP contribution in [0, 0.1) is 41.0 Å². The van der Waals surface area contributed by atoms with Crippen molar-refractivity contribution in [2.24, 2.45) is 17.8 Å². The van der Waals surface area contributed by atoms with Crippen LogP contribution in [0.5, 0.6) is 0 Å². The highest BCUT2D eigenvalue weighted by atomic mass is 19.2. The highest BCUT2D eigenvalue weighted by Gasteiger charge is 2.31. The fourth-order valence-corrected chi connectivity index (χ4v) is 5.31. The van der Waals surface area contributed by atoms with Crippen LogP contribution in [0.4, 0.5) is 17.6 Å². The molecule has 0 N–H and O–H groups in total. The van der Waals surface area contributed by atoms with Gasteiger partial charge in [-0.3, -0.25) is 0 Å². The van der Waals surface area contributed by atoms with Gasteiger partial charge < -0.3 is 0 Å². The Morgan fingerprint density at radius 3 is 2.23 bits per heavy atom. The topological polar surface area (TPSA) is 0 Å². The van der Waals surface area contributed by atoms with Crippen LogP contribution in [-0.4, -0.2) is 0 Å². The maximum Gasteiger partial charge on any atom is 0.194 e. The molecule has 4 heteroatoms. The Labute approximate surface area is 176 Å². The second-order valence-electron chi connectivity index (χ2n) is 8.83. The number of hydrogen-bond acceptors (Lipinski definition) is 0. The van der Waals surface area contributed by atoms with E-state index in [1.165, 1.54) is 25.7 Å². The molecule has 1 unspecified atom stereocenters. The summed E-state index contributed by atoms with van der Waals surface area (Å²) in [7, 11) is 0. The van der Waals surface area contributed by atoms with Crippen LogP contribution in [0.15, 0.2) is 36.4 Å². The predicted octanol–water partition coefficient (Wildman–Crippen LogP) is 7.79. The van der Waals surface area contributed by atoms with Crippen molar-refractivity contribution < 1.29 is 17.6 Å². The number of allylic oxidation sites excluding steroid dienone is 2. The molecule has 160 valence electrons. The molecule has 30 heavy (non-hydrogen) atoms. The van der Waals surface area contributed by atoms with Crippen molar-refractivity contribution in [2.75, 3.05) is 0 Å². The lowest BCUT2D eigenvalue weighted by Crippen LogP contribution is -2.26. The molecule has 0 heterocycles. The lowest BCUT2D eigenvalue weighted by Gasteiger charge is -2.36. The van der Waals surface area contributed by atoms with Crippen LogP contribution in [0.25, 0.3) is 11.1 Å². The lowest BCUT2D eigenvalue weighted by atomic mass is 9.69. The minimum Gasteiger partial charge on any atom is -0.206 e. The van der Waals surface area contributed by atoms with Gasteiger partial charge in [-0.1, -0.05) is 31.2 Å². The Kier molecular flexibility index (Phi) is 6.31. The molecule has 4 rings (SSSR count). The number of hydrogen-bond donors (Lipinski definition) is 0. The van der Waals surface area contributed by atoms with Crippen molar-refractivity contribution in [1.29, 1.82) is 0 Å². The van der Waals surface area contributed by atoms with Gasteiger partial charge in [-0.2, -0.15) is 0 Å². The molecular weight excluding hydrogens is 388 g/mol. The van der Waals surface area contributed by atoms with Crippen molar-refractivity contribution in [3.05, 3.63) is 70.8 Å². The Hall–Kier alpha value is -2.10. The van der Waals surface area contributed by atoms with Crippen molar-refractivity contribution >= 4 is 0 Å². The third kappa shape index (κ3) is 4.19. The molecule has 1 fully saturated rings. The van der Waals surface area contributed by atoms with E-state index in [9.17, 15) is 13.2 Å². The van der Waals surface area contributed by atoms with E-state index in [-0.39, 0.29) is 11.1 Å². The molecule has 0 bridgehead atoms. The second kappa shape index (κ2) is 8.95. The largest absolute Gasteiger partial charge is 0.206 e. The first kappa shape index (κ1) is 21.1. The molecule has 0 aromatic heterocycles. The van der Waals surface area contributed by atoms with E-state index in [1.54, 1.807) is 6.07 Å². The second-order valence-corrected chi connectivity index (χ2v) is 8.83. The summed E-state index contributed by atoms with van der Waals surface area (Å²) >= 11 is 0. The minimum atomic E-state index is -1.53. The van der Waals surface area contributed by atoms with E-state index in [4.69, 9.17) is 0 Å². The van der Waals surface area contributed by atoms with Crippen LogP contribution < -0.4 is 0 Å². The molecular formula is C26H28F4. The molecule has 2 aliphatic rings. The molecule has 0 radical (unpaired) electrons. The fourth-order valence-electron chi connectivity index (χ4n) is 5.31. The molecule has 0 spiro atoms. The van der Waals surface area contributed by atoms with Crippen molar-refractivity contribution in [2.45, 2.75) is 58.3 Å². The number of fused-ring (bicyclic) bond motifs is 1. The molecule has 0 saturated heterocycles. The highest BCUT2D eigenvalue weighted by molar-refractivity contribution is 5.66. The van der Waals surface area contributed by atoms with Gasteiger partial charge in [0.1, 0.15) is 5.82 Å². The molecule has 1 saturated carbocycles. The van der Waals surface area contributed by atoms with E-state index in [1.807, 2.05) is 6.07 Å². The zero-order valence-electron chi connectivity index (χ0n) is 17.4. The van der Waals surface area contributed by atoms with Crippen LogP contribution in [0.1, 0.15) is 56.6 Å². The summed E-state index contributed by atoms with van der Waals surface area (Å²) in [5.74, 6) is -2.59. The van der Waals surface area contributed by atoms with Crippen molar-refractivity contribution in [3.63, 3.8) is 0 Å². The minimum absolute atomic E-state index is 0.0345. The summed E-state index contributed by atoms with van der Waals surface area (Å²) in [6.07, 6.45) is 13.1. The third-order valence-electron chi connectivity index (χ3n) is 7.01. The van der Waals surface area contributed by atoms with E-state index >= 15 is 4.39 Å². The molecule has 2 aromatic carbocycles. The first-order chi connectivity index (χ1) is 14.5. The molecule has 2 aromatic rings. The standard InChI is InChI=1S/C26H28F4/c1-2-3-4-16-5-7-17(8-6-16)18-9-11-21-19(13-18)10-12-22(25(21)29)20-14-23(27)26(30)24(28)15-20/h3-4,10,12,14-18H,2,5-9,11,13H2,1H3. The molecule has 1 atom stereocenters. The van der Waals surface area contributed by atoms with Crippen LogP contribution in [-0.2, 0) is 12.8 Å². The summed E-state index contributed by atoms with van der Waals surface area (Å²) < 4.78 is 55.7. The summed E-state index contributed by atoms with van der Waals surface area (Å²) in [5, 5.41) is 0. The summed E-state index contributed by atoms with van der Waals surface area (Å²) in [6.45, 7) is 2.16. The van der Waals surface area contributed by atoms with Gasteiger partial charge in [-0.25, -0.2) is 17.6 Å². The van der Waals surface area contributed by atoms with E-state index in [2.05, 4.69) is 19.1 Å². The molecule has 0 nitrogen and oxygen atoms in total. The SMILES string of the molecule is CCC=CC1CCC(C2CCc3c(ccc(-c4cc(F)c(F)c(F)c4)c3F)C2)CC1. The van der Waals surface area contributed by atoms with Gasteiger partial charge in [-0.15, -0.1) is 0 Å². The third-order valence-corrected chi connectivity index (χ3v) is 7.01. The van der Waals surface area contributed by atoms with Crippen molar-refractivity contribution in [3.8, 4) is 11.1 Å². The van der Waals surface area contributed by atoms with Crippen LogP contribution >= 0.6 is 0 Å². The molecule has 0 amide bonds. The highest BCUT2D eigenvalue weighted by Crippen LogP contribution is 2.41. The van der Waals surface area contributed by atoms with Gasteiger partial charge in [0.25, 0.3) is 0 Å². The van der Waals surface area contributed by atoms with E-state index in [0.717, 1.165) is 37.0 Å². The zero-order chi connectivity index (χ0) is 21.3. The van der Waals surface area contributed by atoms with Gasteiger partial charge in [0.05, 0.1) is 0 Å². The maximum absolute atomic E-state index is 15.2. The quantitative estimate of drug-likeness (QED) is 0.271. The van der Waals surface area contributed by atoms with Crippen LogP contribution in [0.3, 0.4) is 0 Å². The van der Waals surface area contributed by atoms with E-state index in [0.29, 0.717) is 29.7 Å². The van der Waals surface area contributed by atoms with Crippen molar-refractivity contribution in [1.82, 2.24) is 0 Å². The first-order valence-electron chi connectivity index (χ1n) is 11.1. The van der Waals surface area contributed by atoms with E-state index < -0.39 is 23.3 Å². The van der Waals surface area contributed by atoms with Crippen LogP contribution in [0.2, 0.25) is 0 Å². The Bertz CT molecular complexity index is 915. The first-order valence-corrected chi connectivity index (χ1v) is 11.1. The molecule has 2 aliphatic carbocycles. The fraction of sp³-hybridized carbons (Fsp3) is 0.462. The van der Waals surface area contributed by atoms with Gasteiger partial charge >= 0.3 is 0 Å². The number of rotatable bonds is 4.